The van der Waals surface area contributed by atoms with E-state index in [9.17, 15) is 9.59 Å². The molecule has 0 bridgehead atoms. The van der Waals surface area contributed by atoms with Crippen molar-refractivity contribution < 1.29 is 9.53 Å². The van der Waals surface area contributed by atoms with Crippen LogP contribution in [0.3, 0.4) is 0 Å². The van der Waals surface area contributed by atoms with Gasteiger partial charge in [0.1, 0.15) is 5.75 Å². The molecule has 0 spiro atoms. The second-order valence-electron chi connectivity index (χ2n) is 7.32. The van der Waals surface area contributed by atoms with E-state index in [1.807, 2.05) is 31.2 Å². The molecule has 0 aliphatic carbocycles. The summed E-state index contributed by atoms with van der Waals surface area (Å²) in [5, 5.41) is 2.97. The van der Waals surface area contributed by atoms with Crippen LogP contribution in [0.15, 0.2) is 29.1 Å². The molecule has 0 radical (unpaired) electrons. The molecule has 8 nitrogen and oxygen atoms in total. The average Bonchev–Trinajstić information content (AvgIpc) is 3.15. The molecule has 8 heteroatoms. The normalized spacial score (nSPS) is 11.1. The molecular weight excluding hydrogens is 382 g/mol. The third-order valence-electron chi connectivity index (χ3n) is 5.08. The van der Waals surface area contributed by atoms with Gasteiger partial charge >= 0.3 is 0 Å². The van der Waals surface area contributed by atoms with Crippen LogP contribution in [-0.4, -0.2) is 32.1 Å². The lowest BCUT2D eigenvalue weighted by molar-refractivity contribution is -0.118. The standard InChI is InChI=1S/C22H29N5O3/c1-5-7-8-9-19(28)26(14-17-10-12-18(13-11-17)30-6-2)22-24-21-23-16(4)15(3)20(29)27(21)25-22/h10-13H,5-9,14H2,1-4H3,(H,23,24,25). The number of H-pyrrole nitrogens is 1. The predicted molar refractivity (Wildman–Crippen MR) is 116 cm³/mol. The van der Waals surface area contributed by atoms with E-state index in [0.29, 0.717) is 36.8 Å². The van der Waals surface area contributed by atoms with Gasteiger partial charge in [-0.2, -0.15) is 9.50 Å². The molecule has 0 saturated heterocycles. The third kappa shape index (κ3) is 4.69. The molecule has 0 fully saturated rings. The number of hydrogen-bond donors (Lipinski definition) is 1. The van der Waals surface area contributed by atoms with Crippen molar-refractivity contribution in [3.05, 3.63) is 51.4 Å². The summed E-state index contributed by atoms with van der Waals surface area (Å²) in [5.41, 5.74) is 1.91. The van der Waals surface area contributed by atoms with E-state index in [1.54, 1.807) is 18.7 Å². The predicted octanol–water partition coefficient (Wildman–Crippen LogP) is 3.55. The number of aryl methyl sites for hydroxylation is 1. The Morgan fingerprint density at radius 1 is 1.13 bits per heavy atom. The number of nitrogens with one attached hydrogen (secondary N) is 1. The van der Waals surface area contributed by atoms with Gasteiger partial charge in [0.25, 0.3) is 11.3 Å². The molecule has 160 valence electrons. The smallest absolute Gasteiger partial charge is 0.277 e. The number of anilines is 1. The van der Waals surface area contributed by atoms with Crippen LogP contribution in [0.5, 0.6) is 5.75 Å². The Morgan fingerprint density at radius 2 is 1.87 bits per heavy atom. The summed E-state index contributed by atoms with van der Waals surface area (Å²) < 4.78 is 6.79. The Labute approximate surface area is 175 Å². The van der Waals surface area contributed by atoms with Crippen LogP contribution in [0.4, 0.5) is 5.95 Å². The number of unbranched alkanes of at least 4 members (excludes halogenated alkanes) is 2. The number of carbonyl (C=O) groups excluding carboxylic acids is 1. The van der Waals surface area contributed by atoms with Gasteiger partial charge in [0.15, 0.2) is 0 Å². The van der Waals surface area contributed by atoms with Crippen molar-refractivity contribution in [1.29, 1.82) is 0 Å². The summed E-state index contributed by atoms with van der Waals surface area (Å²) in [7, 11) is 0. The minimum atomic E-state index is -0.212. The van der Waals surface area contributed by atoms with E-state index < -0.39 is 0 Å². The second kappa shape index (κ2) is 9.56. The Balaban J connectivity index is 1.94. The number of ether oxygens (including phenoxy) is 1. The first-order valence-corrected chi connectivity index (χ1v) is 10.4. The molecule has 1 N–H and O–H groups in total. The van der Waals surface area contributed by atoms with Crippen LogP contribution in [0.2, 0.25) is 0 Å². The first-order chi connectivity index (χ1) is 14.4. The van der Waals surface area contributed by atoms with Gasteiger partial charge in [0, 0.05) is 17.7 Å². The maximum Gasteiger partial charge on any atom is 0.277 e. The summed E-state index contributed by atoms with van der Waals surface area (Å²) in [4.78, 5) is 36.0. The van der Waals surface area contributed by atoms with Gasteiger partial charge in [-0.3, -0.25) is 19.6 Å². The lowest BCUT2D eigenvalue weighted by Crippen LogP contribution is -2.31. The maximum atomic E-state index is 13.0. The van der Waals surface area contributed by atoms with E-state index in [2.05, 4.69) is 22.0 Å². The van der Waals surface area contributed by atoms with E-state index in [1.165, 1.54) is 4.52 Å². The third-order valence-corrected chi connectivity index (χ3v) is 5.08. The zero-order valence-corrected chi connectivity index (χ0v) is 18.1. The highest BCUT2D eigenvalue weighted by Gasteiger charge is 2.21. The largest absolute Gasteiger partial charge is 0.494 e. The van der Waals surface area contributed by atoms with Crippen LogP contribution in [0.1, 0.15) is 56.4 Å². The molecule has 2 aromatic heterocycles. The molecule has 0 saturated carbocycles. The number of hydrogen-bond acceptors (Lipinski definition) is 5. The summed E-state index contributed by atoms with van der Waals surface area (Å²) in [6, 6.07) is 7.63. The zero-order valence-electron chi connectivity index (χ0n) is 18.1. The maximum absolute atomic E-state index is 13.0. The van der Waals surface area contributed by atoms with Gasteiger partial charge in [-0.15, -0.1) is 0 Å². The van der Waals surface area contributed by atoms with Crippen molar-refractivity contribution in [2.75, 3.05) is 11.5 Å². The molecule has 0 atom stereocenters. The average molecular weight is 412 g/mol. The summed E-state index contributed by atoms with van der Waals surface area (Å²) in [5.74, 6) is 1.32. The fourth-order valence-corrected chi connectivity index (χ4v) is 3.20. The van der Waals surface area contributed by atoms with Crippen LogP contribution in [0.25, 0.3) is 5.78 Å². The monoisotopic (exact) mass is 411 g/mol. The molecule has 30 heavy (non-hydrogen) atoms. The number of rotatable bonds is 9. The molecule has 1 amide bonds. The molecule has 0 unspecified atom stereocenters. The fourth-order valence-electron chi connectivity index (χ4n) is 3.20. The molecule has 0 aliphatic rings. The molecule has 1 aromatic carbocycles. The van der Waals surface area contributed by atoms with Gasteiger partial charge in [0.2, 0.25) is 11.9 Å². The minimum absolute atomic E-state index is 0.0436. The van der Waals surface area contributed by atoms with Crippen molar-refractivity contribution in [2.24, 2.45) is 0 Å². The van der Waals surface area contributed by atoms with E-state index >= 15 is 0 Å². The number of fused-ring (bicyclic) bond motifs is 1. The Morgan fingerprint density at radius 3 is 2.53 bits per heavy atom. The van der Waals surface area contributed by atoms with Gasteiger partial charge in [-0.1, -0.05) is 31.9 Å². The quantitative estimate of drug-likeness (QED) is 0.544. The van der Waals surface area contributed by atoms with E-state index in [4.69, 9.17) is 4.74 Å². The van der Waals surface area contributed by atoms with Crippen molar-refractivity contribution in [3.8, 4) is 5.75 Å². The Kier molecular flexibility index (Phi) is 6.87. The van der Waals surface area contributed by atoms with Gasteiger partial charge < -0.3 is 4.74 Å². The molecule has 3 aromatic rings. The summed E-state index contributed by atoms with van der Waals surface area (Å²) >= 11 is 0. The highest BCUT2D eigenvalue weighted by molar-refractivity contribution is 5.91. The Hall–Kier alpha value is -3.16. The highest BCUT2D eigenvalue weighted by atomic mass is 16.5. The lowest BCUT2D eigenvalue weighted by atomic mass is 10.1. The first-order valence-electron chi connectivity index (χ1n) is 10.4. The molecule has 0 aliphatic heterocycles. The van der Waals surface area contributed by atoms with Crippen molar-refractivity contribution in [3.63, 3.8) is 0 Å². The fraction of sp³-hybridized carbons (Fsp3) is 0.455. The van der Waals surface area contributed by atoms with Crippen molar-refractivity contribution >= 4 is 17.6 Å². The zero-order chi connectivity index (χ0) is 21.7. The van der Waals surface area contributed by atoms with Crippen LogP contribution in [-0.2, 0) is 11.3 Å². The van der Waals surface area contributed by atoms with Crippen molar-refractivity contribution in [1.82, 2.24) is 19.6 Å². The highest BCUT2D eigenvalue weighted by Crippen LogP contribution is 2.19. The number of benzene rings is 1. The van der Waals surface area contributed by atoms with Crippen LogP contribution >= 0.6 is 0 Å². The van der Waals surface area contributed by atoms with E-state index in [-0.39, 0.29) is 17.2 Å². The molecular formula is C22H29N5O3. The molecule has 3 rings (SSSR count). The Bertz CT molecular complexity index is 1070. The number of aromatic nitrogens is 4. The number of carbonyl (C=O) groups is 1. The summed E-state index contributed by atoms with van der Waals surface area (Å²) in [6.45, 7) is 8.48. The second-order valence-corrected chi connectivity index (χ2v) is 7.32. The lowest BCUT2D eigenvalue weighted by Gasteiger charge is -2.20. The number of amides is 1. The first kappa shape index (κ1) is 21.5. The van der Waals surface area contributed by atoms with Gasteiger partial charge in [-0.05, 0) is 44.9 Å². The minimum Gasteiger partial charge on any atom is -0.494 e. The number of aromatic amines is 1. The van der Waals surface area contributed by atoms with Gasteiger partial charge in [0.05, 0.1) is 13.2 Å². The van der Waals surface area contributed by atoms with Crippen molar-refractivity contribution in [2.45, 2.75) is 59.9 Å². The summed E-state index contributed by atoms with van der Waals surface area (Å²) in [6.07, 6.45) is 3.25. The SMILES string of the molecule is CCCCCC(=O)N(Cc1ccc(OCC)cc1)c1nc2nc(C)c(C)c(=O)n2[nH]1. The topological polar surface area (TPSA) is 92.6 Å². The van der Waals surface area contributed by atoms with Crippen LogP contribution in [0, 0.1) is 13.8 Å². The van der Waals surface area contributed by atoms with Crippen LogP contribution < -0.4 is 15.2 Å². The van der Waals surface area contributed by atoms with E-state index in [0.717, 1.165) is 30.6 Å². The van der Waals surface area contributed by atoms with Gasteiger partial charge in [-0.25, -0.2) is 4.98 Å². The molecule has 2 heterocycles. The number of nitrogens with zero attached hydrogens (tertiary/aromatic N) is 4.